The van der Waals surface area contributed by atoms with Crippen LogP contribution in [0.3, 0.4) is 0 Å². The Morgan fingerprint density at radius 2 is 1.91 bits per heavy atom. The van der Waals surface area contributed by atoms with Gasteiger partial charge in [-0.05, 0) is 32.3 Å². The molecule has 22 heavy (non-hydrogen) atoms. The van der Waals surface area contributed by atoms with E-state index in [4.69, 9.17) is 0 Å². The highest BCUT2D eigenvalue weighted by Crippen LogP contribution is 2.05. The summed E-state index contributed by atoms with van der Waals surface area (Å²) in [5.41, 5.74) is 1.67. The van der Waals surface area contributed by atoms with Gasteiger partial charge >= 0.3 is 0 Å². The number of nitrogens with one attached hydrogen (secondary N) is 2. The van der Waals surface area contributed by atoms with Gasteiger partial charge in [-0.2, -0.15) is 0 Å². The minimum absolute atomic E-state index is 0.0880. The predicted molar refractivity (Wildman–Crippen MR) is 87.9 cm³/mol. The molecular formula is C17H22N4O. The molecule has 116 valence electrons. The number of carbonyl (C=O) groups is 1. The molecule has 1 aromatic heterocycles. The topological polar surface area (TPSA) is 66.9 Å². The number of nitrogens with zero attached hydrogens (tertiary/aromatic N) is 2. The largest absolute Gasteiger partial charge is 0.369 e. The first kappa shape index (κ1) is 15.9. The summed E-state index contributed by atoms with van der Waals surface area (Å²) in [5.74, 6) is 0.493. The van der Waals surface area contributed by atoms with E-state index in [-0.39, 0.29) is 11.9 Å². The monoisotopic (exact) mass is 298 g/mol. The quantitative estimate of drug-likeness (QED) is 0.771. The van der Waals surface area contributed by atoms with Crippen molar-refractivity contribution < 1.29 is 4.79 Å². The summed E-state index contributed by atoms with van der Waals surface area (Å²) in [6.07, 6.45) is 5.13. The number of anilines is 1. The lowest BCUT2D eigenvalue weighted by atomic mass is 10.1. The number of carbonyl (C=O) groups excluding carboxylic acids is 1. The lowest BCUT2D eigenvalue weighted by Gasteiger charge is -2.08. The molecule has 0 fully saturated rings. The van der Waals surface area contributed by atoms with Crippen molar-refractivity contribution in [2.45, 2.75) is 32.7 Å². The zero-order valence-corrected chi connectivity index (χ0v) is 13.0. The Kier molecular flexibility index (Phi) is 5.89. The van der Waals surface area contributed by atoms with Crippen molar-refractivity contribution in [1.29, 1.82) is 0 Å². The zero-order chi connectivity index (χ0) is 15.8. The first-order valence-corrected chi connectivity index (χ1v) is 7.56. The van der Waals surface area contributed by atoms with Crippen LogP contribution in [0.5, 0.6) is 0 Å². The summed E-state index contributed by atoms with van der Waals surface area (Å²) in [4.78, 5) is 20.1. The van der Waals surface area contributed by atoms with Gasteiger partial charge < -0.3 is 10.6 Å². The standard InChI is InChI=1S/C17H22N4O/c1-13(2)21-17(22)15-11-20-16(12-19-15)18-10-6-9-14-7-4-3-5-8-14/h3-5,7-8,11-13H,6,9-10H2,1-2H3,(H,18,20)(H,21,22). The molecular weight excluding hydrogens is 276 g/mol. The molecule has 0 aliphatic carbocycles. The van der Waals surface area contributed by atoms with E-state index < -0.39 is 0 Å². The van der Waals surface area contributed by atoms with Crippen LogP contribution >= 0.6 is 0 Å². The number of rotatable bonds is 7. The van der Waals surface area contributed by atoms with Crippen LogP contribution in [0.2, 0.25) is 0 Å². The third-order valence-electron chi connectivity index (χ3n) is 3.10. The van der Waals surface area contributed by atoms with Crippen molar-refractivity contribution in [2.75, 3.05) is 11.9 Å². The van der Waals surface area contributed by atoms with Crippen LogP contribution in [0, 0.1) is 0 Å². The van der Waals surface area contributed by atoms with Crippen molar-refractivity contribution in [2.24, 2.45) is 0 Å². The highest BCUT2D eigenvalue weighted by atomic mass is 16.1. The average Bonchev–Trinajstić information content (AvgIpc) is 2.52. The molecule has 0 unspecified atom stereocenters. The number of amides is 1. The molecule has 1 amide bonds. The molecule has 1 heterocycles. The number of benzene rings is 1. The van der Waals surface area contributed by atoms with Gasteiger partial charge in [0.1, 0.15) is 11.5 Å². The van der Waals surface area contributed by atoms with Crippen molar-refractivity contribution >= 4 is 11.7 Å². The molecule has 0 aliphatic heterocycles. The van der Waals surface area contributed by atoms with E-state index in [1.807, 2.05) is 19.9 Å². The van der Waals surface area contributed by atoms with E-state index in [1.54, 1.807) is 6.20 Å². The van der Waals surface area contributed by atoms with Gasteiger partial charge in [-0.15, -0.1) is 0 Å². The maximum absolute atomic E-state index is 11.7. The summed E-state index contributed by atoms with van der Waals surface area (Å²) in [5, 5.41) is 6.00. The highest BCUT2D eigenvalue weighted by molar-refractivity contribution is 5.92. The Morgan fingerprint density at radius 1 is 1.14 bits per heavy atom. The van der Waals surface area contributed by atoms with Gasteiger partial charge in [0.15, 0.2) is 0 Å². The van der Waals surface area contributed by atoms with Gasteiger partial charge in [0.05, 0.1) is 12.4 Å². The van der Waals surface area contributed by atoms with Crippen molar-refractivity contribution in [3.63, 3.8) is 0 Å². The summed E-state index contributed by atoms with van der Waals surface area (Å²) in [6, 6.07) is 10.5. The lowest BCUT2D eigenvalue weighted by molar-refractivity contribution is 0.0937. The number of hydrogen-bond acceptors (Lipinski definition) is 4. The highest BCUT2D eigenvalue weighted by Gasteiger charge is 2.08. The van der Waals surface area contributed by atoms with E-state index in [9.17, 15) is 4.79 Å². The van der Waals surface area contributed by atoms with Crippen LogP contribution in [0.1, 0.15) is 36.3 Å². The number of hydrogen-bond donors (Lipinski definition) is 2. The summed E-state index contributed by atoms with van der Waals surface area (Å²) < 4.78 is 0. The minimum atomic E-state index is -0.196. The van der Waals surface area contributed by atoms with E-state index in [0.717, 1.165) is 19.4 Å². The maximum Gasteiger partial charge on any atom is 0.271 e. The SMILES string of the molecule is CC(C)NC(=O)c1cnc(NCCCc2ccccc2)cn1. The summed E-state index contributed by atoms with van der Waals surface area (Å²) >= 11 is 0. The predicted octanol–water partition coefficient (Wildman–Crippen LogP) is 2.66. The third-order valence-corrected chi connectivity index (χ3v) is 3.10. The fourth-order valence-electron chi connectivity index (χ4n) is 2.03. The van der Waals surface area contributed by atoms with E-state index in [2.05, 4.69) is 44.9 Å². The summed E-state index contributed by atoms with van der Waals surface area (Å²) in [7, 11) is 0. The van der Waals surface area contributed by atoms with E-state index >= 15 is 0 Å². The lowest BCUT2D eigenvalue weighted by Crippen LogP contribution is -2.30. The average molecular weight is 298 g/mol. The molecule has 5 nitrogen and oxygen atoms in total. The molecule has 0 aliphatic rings. The van der Waals surface area contributed by atoms with Gasteiger partial charge in [0, 0.05) is 12.6 Å². The minimum Gasteiger partial charge on any atom is -0.369 e. The van der Waals surface area contributed by atoms with Crippen molar-refractivity contribution in [3.8, 4) is 0 Å². The molecule has 0 bridgehead atoms. The Bertz CT molecular complexity index is 581. The second kappa shape index (κ2) is 8.12. The molecule has 5 heteroatoms. The van der Waals surface area contributed by atoms with Crippen molar-refractivity contribution in [3.05, 3.63) is 54.0 Å². The second-order valence-corrected chi connectivity index (χ2v) is 5.43. The number of aromatic nitrogens is 2. The fourth-order valence-corrected chi connectivity index (χ4v) is 2.03. The van der Waals surface area contributed by atoms with Crippen LogP contribution in [0.4, 0.5) is 5.82 Å². The van der Waals surface area contributed by atoms with Gasteiger partial charge in [-0.3, -0.25) is 4.79 Å². The second-order valence-electron chi connectivity index (χ2n) is 5.43. The first-order valence-electron chi connectivity index (χ1n) is 7.56. The van der Waals surface area contributed by atoms with Gasteiger partial charge in [0.25, 0.3) is 5.91 Å². The van der Waals surface area contributed by atoms with Crippen LogP contribution in [0.25, 0.3) is 0 Å². The van der Waals surface area contributed by atoms with E-state index in [0.29, 0.717) is 11.5 Å². The Labute approximate surface area is 131 Å². The molecule has 1 aromatic carbocycles. The van der Waals surface area contributed by atoms with Gasteiger partial charge in [0.2, 0.25) is 0 Å². The normalized spacial score (nSPS) is 10.5. The molecule has 0 spiro atoms. The smallest absolute Gasteiger partial charge is 0.271 e. The molecule has 0 saturated carbocycles. The van der Waals surface area contributed by atoms with Crippen LogP contribution in [0.15, 0.2) is 42.7 Å². The van der Waals surface area contributed by atoms with Crippen molar-refractivity contribution in [1.82, 2.24) is 15.3 Å². The zero-order valence-electron chi connectivity index (χ0n) is 13.0. The number of aryl methyl sites for hydroxylation is 1. The Balaban J connectivity index is 1.76. The molecule has 2 N–H and O–H groups in total. The maximum atomic E-state index is 11.7. The fraction of sp³-hybridized carbons (Fsp3) is 0.353. The Hall–Kier alpha value is -2.43. The molecule has 0 saturated heterocycles. The first-order chi connectivity index (χ1) is 10.6. The van der Waals surface area contributed by atoms with Crippen LogP contribution in [-0.2, 0) is 6.42 Å². The molecule has 0 atom stereocenters. The molecule has 0 radical (unpaired) electrons. The van der Waals surface area contributed by atoms with Gasteiger partial charge in [-0.25, -0.2) is 9.97 Å². The van der Waals surface area contributed by atoms with Crippen LogP contribution < -0.4 is 10.6 Å². The van der Waals surface area contributed by atoms with E-state index in [1.165, 1.54) is 11.8 Å². The Morgan fingerprint density at radius 3 is 2.55 bits per heavy atom. The molecule has 2 rings (SSSR count). The third kappa shape index (κ3) is 5.16. The van der Waals surface area contributed by atoms with Crippen LogP contribution in [-0.4, -0.2) is 28.5 Å². The summed E-state index contributed by atoms with van der Waals surface area (Å²) in [6.45, 7) is 4.64. The van der Waals surface area contributed by atoms with Gasteiger partial charge in [-0.1, -0.05) is 30.3 Å². The molecule has 2 aromatic rings.